The first kappa shape index (κ1) is 20.4. The van der Waals surface area contributed by atoms with E-state index in [1.165, 1.54) is 12.2 Å². The number of ether oxygens (including phenoxy) is 2. The molecule has 28 heavy (non-hydrogen) atoms. The molecule has 3 rings (SSSR count). The average Bonchev–Trinajstić information content (AvgIpc) is 3.18. The molecule has 1 aliphatic rings. The van der Waals surface area contributed by atoms with Crippen molar-refractivity contribution in [3.05, 3.63) is 65.6 Å². The van der Waals surface area contributed by atoms with E-state index < -0.39 is 37.3 Å². The van der Waals surface area contributed by atoms with Gasteiger partial charge >= 0.3 is 0 Å². The molecule has 1 aromatic heterocycles. The number of allylic oxidation sites excluding steroid dienone is 1. The summed E-state index contributed by atoms with van der Waals surface area (Å²) in [6, 6.07) is 12.1. The first-order valence-electron chi connectivity index (χ1n) is 8.78. The molecule has 150 valence electrons. The van der Waals surface area contributed by atoms with Gasteiger partial charge in [-0.2, -0.15) is 0 Å². The molecule has 8 heteroatoms. The lowest BCUT2D eigenvalue weighted by molar-refractivity contribution is -0.304. The Kier molecular flexibility index (Phi) is 6.74. The highest BCUT2D eigenvalue weighted by molar-refractivity contribution is 6.06. The van der Waals surface area contributed by atoms with E-state index in [2.05, 4.69) is 0 Å². The van der Waals surface area contributed by atoms with Crippen LogP contribution in [0.25, 0.3) is 6.08 Å². The summed E-state index contributed by atoms with van der Waals surface area (Å²) in [6.45, 7) is -0.612. The number of carbonyl (C=O) groups excluding carboxylic acids is 1. The third kappa shape index (κ3) is 4.74. The Bertz CT molecular complexity index is 798. The van der Waals surface area contributed by atoms with E-state index in [1.54, 1.807) is 36.4 Å². The van der Waals surface area contributed by atoms with Gasteiger partial charge in [-0.15, -0.1) is 0 Å². The van der Waals surface area contributed by atoms with Gasteiger partial charge in [0.05, 0.1) is 6.61 Å². The lowest BCUT2D eigenvalue weighted by Gasteiger charge is -2.39. The van der Waals surface area contributed by atoms with Crippen LogP contribution in [0.4, 0.5) is 0 Å². The molecule has 0 bridgehead atoms. The smallest absolute Gasteiger partial charge is 0.187 e. The van der Waals surface area contributed by atoms with Gasteiger partial charge in [-0.1, -0.05) is 30.3 Å². The van der Waals surface area contributed by atoms with Crippen molar-refractivity contribution in [1.29, 1.82) is 0 Å². The van der Waals surface area contributed by atoms with Crippen molar-refractivity contribution in [2.24, 2.45) is 0 Å². The van der Waals surface area contributed by atoms with E-state index in [-0.39, 0.29) is 12.4 Å². The molecule has 0 radical (unpaired) electrons. The van der Waals surface area contributed by atoms with Crippen LogP contribution in [0.15, 0.2) is 53.0 Å². The zero-order chi connectivity index (χ0) is 20.1. The van der Waals surface area contributed by atoms with Gasteiger partial charge < -0.3 is 34.3 Å². The largest absolute Gasteiger partial charge is 0.459 e. The first-order chi connectivity index (χ1) is 13.5. The van der Waals surface area contributed by atoms with Gasteiger partial charge in [0, 0.05) is 5.56 Å². The molecule has 0 saturated carbocycles. The number of ketones is 1. The molecule has 5 atom stereocenters. The summed E-state index contributed by atoms with van der Waals surface area (Å²) in [5.74, 6) is 0.691. The number of aliphatic hydroxyl groups excluding tert-OH is 4. The highest BCUT2D eigenvalue weighted by Crippen LogP contribution is 2.23. The van der Waals surface area contributed by atoms with Crippen LogP contribution in [-0.2, 0) is 16.1 Å². The SMILES string of the molecule is O=C(C=Cc1ccc(CO[C@@H]2O[C@H](CO)[C@@H](O)[C@H](O)[C@H]2O)o1)c1ccccc1. The molecule has 0 spiro atoms. The standard InChI is InChI=1S/C20H22O8/c21-10-16-17(23)18(24)19(25)20(28-16)26-11-14-7-6-13(27-14)8-9-15(22)12-4-2-1-3-5-12/h1-9,16-21,23-25H,10-11H2/t16-,17-,18+,19-,20-/m1/s1. The summed E-state index contributed by atoms with van der Waals surface area (Å²) in [5.41, 5.74) is 0.566. The predicted octanol–water partition coefficient (Wildman–Crippen LogP) is 0.492. The molecule has 0 aliphatic carbocycles. The van der Waals surface area contributed by atoms with Gasteiger partial charge in [-0.05, 0) is 24.3 Å². The zero-order valence-electron chi connectivity index (χ0n) is 14.9. The Morgan fingerprint density at radius 2 is 1.79 bits per heavy atom. The van der Waals surface area contributed by atoms with Gasteiger partial charge in [-0.25, -0.2) is 0 Å². The van der Waals surface area contributed by atoms with Gasteiger partial charge in [-0.3, -0.25) is 4.79 Å². The number of carbonyl (C=O) groups is 1. The number of furan rings is 1. The second kappa shape index (κ2) is 9.24. The summed E-state index contributed by atoms with van der Waals surface area (Å²) in [6.07, 6.45) is -3.77. The van der Waals surface area contributed by atoms with Crippen molar-refractivity contribution in [2.75, 3.05) is 6.61 Å². The summed E-state index contributed by atoms with van der Waals surface area (Å²) in [5, 5.41) is 38.6. The van der Waals surface area contributed by atoms with Crippen molar-refractivity contribution in [3.8, 4) is 0 Å². The summed E-state index contributed by atoms with van der Waals surface area (Å²) in [7, 11) is 0. The van der Waals surface area contributed by atoms with Gasteiger partial charge in [0.15, 0.2) is 12.1 Å². The first-order valence-corrected chi connectivity index (χ1v) is 8.78. The second-order valence-electron chi connectivity index (χ2n) is 6.38. The maximum absolute atomic E-state index is 12.0. The maximum atomic E-state index is 12.0. The van der Waals surface area contributed by atoms with Crippen molar-refractivity contribution in [1.82, 2.24) is 0 Å². The second-order valence-corrected chi connectivity index (χ2v) is 6.38. The van der Waals surface area contributed by atoms with Crippen LogP contribution in [-0.4, -0.2) is 63.5 Å². The van der Waals surface area contributed by atoms with Crippen molar-refractivity contribution >= 4 is 11.9 Å². The molecule has 2 aromatic rings. The van der Waals surface area contributed by atoms with E-state index in [4.69, 9.17) is 13.9 Å². The fourth-order valence-corrected chi connectivity index (χ4v) is 2.79. The molecule has 4 N–H and O–H groups in total. The zero-order valence-corrected chi connectivity index (χ0v) is 14.9. The highest BCUT2D eigenvalue weighted by atomic mass is 16.7. The molecular formula is C20H22O8. The van der Waals surface area contributed by atoms with Gasteiger partial charge in [0.25, 0.3) is 0 Å². The van der Waals surface area contributed by atoms with Crippen molar-refractivity contribution in [2.45, 2.75) is 37.3 Å². The van der Waals surface area contributed by atoms with Crippen molar-refractivity contribution in [3.63, 3.8) is 0 Å². The monoisotopic (exact) mass is 390 g/mol. The van der Waals surface area contributed by atoms with Crippen molar-refractivity contribution < 1.29 is 39.1 Å². The van der Waals surface area contributed by atoms with E-state index in [0.29, 0.717) is 17.1 Å². The number of aliphatic hydroxyl groups is 4. The summed E-state index contributed by atoms with van der Waals surface area (Å²) in [4.78, 5) is 12.0. The minimum atomic E-state index is -1.50. The molecule has 1 fully saturated rings. The molecule has 0 amide bonds. The lowest BCUT2D eigenvalue weighted by atomic mass is 9.99. The van der Waals surface area contributed by atoms with Crippen LogP contribution >= 0.6 is 0 Å². The summed E-state index contributed by atoms with van der Waals surface area (Å²) >= 11 is 0. The molecular weight excluding hydrogens is 368 g/mol. The number of rotatable bonds is 7. The fraction of sp³-hybridized carbons (Fsp3) is 0.350. The Morgan fingerprint density at radius 3 is 2.50 bits per heavy atom. The minimum absolute atomic E-state index is 0.0802. The Hall–Kier alpha value is -2.33. The molecule has 8 nitrogen and oxygen atoms in total. The summed E-state index contributed by atoms with van der Waals surface area (Å²) < 4.78 is 16.2. The number of hydrogen-bond acceptors (Lipinski definition) is 8. The normalized spacial score (nSPS) is 27.9. The molecule has 1 saturated heterocycles. The molecule has 1 aliphatic heterocycles. The molecule has 1 aromatic carbocycles. The Balaban J connectivity index is 1.56. The number of benzene rings is 1. The van der Waals surface area contributed by atoms with Crippen LogP contribution < -0.4 is 0 Å². The third-order valence-electron chi connectivity index (χ3n) is 4.38. The molecule has 2 heterocycles. The van der Waals surface area contributed by atoms with Crippen LogP contribution in [0, 0.1) is 0 Å². The minimum Gasteiger partial charge on any atom is -0.459 e. The van der Waals surface area contributed by atoms with Gasteiger partial charge in [0.2, 0.25) is 0 Å². The van der Waals surface area contributed by atoms with Crippen LogP contribution in [0.5, 0.6) is 0 Å². The fourth-order valence-electron chi connectivity index (χ4n) is 2.79. The Labute approximate surface area is 161 Å². The van der Waals surface area contributed by atoms with E-state index in [9.17, 15) is 25.2 Å². The van der Waals surface area contributed by atoms with E-state index >= 15 is 0 Å². The van der Waals surface area contributed by atoms with Crippen LogP contribution in [0.3, 0.4) is 0 Å². The van der Waals surface area contributed by atoms with Crippen LogP contribution in [0.2, 0.25) is 0 Å². The Morgan fingerprint density at radius 1 is 1.04 bits per heavy atom. The maximum Gasteiger partial charge on any atom is 0.187 e. The van der Waals surface area contributed by atoms with Gasteiger partial charge in [0.1, 0.15) is 42.5 Å². The van der Waals surface area contributed by atoms with Crippen LogP contribution in [0.1, 0.15) is 21.9 Å². The van der Waals surface area contributed by atoms with E-state index in [0.717, 1.165) is 0 Å². The number of hydrogen-bond donors (Lipinski definition) is 4. The third-order valence-corrected chi connectivity index (χ3v) is 4.38. The molecule has 0 unspecified atom stereocenters. The average molecular weight is 390 g/mol. The predicted molar refractivity (Wildman–Crippen MR) is 97.1 cm³/mol. The highest BCUT2D eigenvalue weighted by Gasteiger charge is 2.44. The lowest BCUT2D eigenvalue weighted by Crippen LogP contribution is -2.59. The topological polar surface area (TPSA) is 130 Å². The quantitative estimate of drug-likeness (QED) is 0.397. The van der Waals surface area contributed by atoms with E-state index in [1.807, 2.05) is 6.07 Å².